The highest BCUT2D eigenvalue weighted by Crippen LogP contribution is 2.27. The quantitative estimate of drug-likeness (QED) is 0.663. The van der Waals surface area contributed by atoms with Gasteiger partial charge >= 0.3 is 0 Å². The standard InChI is InChI=1S/C22H30N2O4S/c1-6-24(7-2)29(26,27)19-10-8-9-18(14-19)23-22(25)15-28-21-13-17(5)11-12-20(21)16(3)4/h8-14,16H,6-7,15H2,1-5H3,(H,23,25). The van der Waals surface area contributed by atoms with E-state index in [1.807, 2.05) is 25.1 Å². The third-order valence-electron chi connectivity index (χ3n) is 4.61. The first-order valence-electron chi connectivity index (χ1n) is 9.82. The van der Waals surface area contributed by atoms with Gasteiger partial charge in [-0.1, -0.05) is 45.9 Å². The van der Waals surface area contributed by atoms with Gasteiger partial charge in [0.15, 0.2) is 6.61 Å². The Balaban J connectivity index is 2.10. The second-order valence-corrected chi connectivity index (χ2v) is 9.09. The summed E-state index contributed by atoms with van der Waals surface area (Å²) >= 11 is 0. The summed E-state index contributed by atoms with van der Waals surface area (Å²) in [5.74, 6) is 0.613. The van der Waals surface area contributed by atoms with Crippen LogP contribution in [-0.4, -0.2) is 38.3 Å². The Morgan fingerprint density at radius 2 is 1.79 bits per heavy atom. The van der Waals surface area contributed by atoms with Crippen molar-refractivity contribution >= 4 is 21.6 Å². The van der Waals surface area contributed by atoms with Crippen LogP contribution >= 0.6 is 0 Å². The number of hydrogen-bond donors (Lipinski definition) is 1. The van der Waals surface area contributed by atoms with Crippen LogP contribution in [0.2, 0.25) is 0 Å². The maximum atomic E-state index is 12.7. The van der Waals surface area contributed by atoms with Crippen LogP contribution in [0.5, 0.6) is 5.75 Å². The maximum absolute atomic E-state index is 12.7. The minimum atomic E-state index is -3.58. The summed E-state index contributed by atoms with van der Waals surface area (Å²) in [5, 5.41) is 2.72. The van der Waals surface area contributed by atoms with Crippen molar-refractivity contribution in [2.75, 3.05) is 25.0 Å². The highest BCUT2D eigenvalue weighted by molar-refractivity contribution is 7.89. The van der Waals surface area contributed by atoms with Crippen LogP contribution in [0.1, 0.15) is 44.7 Å². The predicted octanol–water partition coefficient (Wildman–Crippen LogP) is 4.17. The molecule has 158 valence electrons. The fraction of sp³-hybridized carbons (Fsp3) is 0.409. The van der Waals surface area contributed by atoms with Gasteiger partial charge in [0.25, 0.3) is 5.91 Å². The van der Waals surface area contributed by atoms with E-state index in [2.05, 4.69) is 19.2 Å². The zero-order chi connectivity index (χ0) is 21.6. The van der Waals surface area contributed by atoms with Crippen molar-refractivity contribution in [1.29, 1.82) is 0 Å². The smallest absolute Gasteiger partial charge is 0.262 e. The number of hydrogen-bond acceptors (Lipinski definition) is 4. The summed E-state index contributed by atoms with van der Waals surface area (Å²) in [6.45, 7) is 10.3. The van der Waals surface area contributed by atoms with Crippen LogP contribution in [0.4, 0.5) is 5.69 Å². The number of benzene rings is 2. The van der Waals surface area contributed by atoms with Crippen LogP contribution in [0.25, 0.3) is 0 Å². The van der Waals surface area contributed by atoms with E-state index in [-0.39, 0.29) is 23.3 Å². The average Bonchev–Trinajstić information content (AvgIpc) is 2.67. The van der Waals surface area contributed by atoms with Crippen molar-refractivity contribution in [2.45, 2.75) is 45.4 Å². The molecule has 1 N–H and O–H groups in total. The fourth-order valence-electron chi connectivity index (χ4n) is 3.03. The lowest BCUT2D eigenvalue weighted by molar-refractivity contribution is -0.118. The van der Waals surface area contributed by atoms with Crippen molar-refractivity contribution in [3.63, 3.8) is 0 Å². The fourth-order valence-corrected chi connectivity index (χ4v) is 4.54. The Bertz CT molecular complexity index is 951. The van der Waals surface area contributed by atoms with Crippen LogP contribution in [0, 0.1) is 6.92 Å². The van der Waals surface area contributed by atoms with Gasteiger partial charge in [-0.05, 0) is 48.2 Å². The summed E-state index contributed by atoms with van der Waals surface area (Å²) in [6.07, 6.45) is 0. The molecule has 0 aliphatic carbocycles. The molecule has 7 heteroatoms. The largest absolute Gasteiger partial charge is 0.483 e. The van der Waals surface area contributed by atoms with E-state index in [4.69, 9.17) is 4.74 Å². The van der Waals surface area contributed by atoms with Crippen LogP contribution < -0.4 is 10.1 Å². The molecular weight excluding hydrogens is 388 g/mol. The zero-order valence-electron chi connectivity index (χ0n) is 17.7. The molecule has 2 aromatic rings. The van der Waals surface area contributed by atoms with Gasteiger partial charge in [0.1, 0.15) is 5.75 Å². The molecule has 0 aliphatic heterocycles. The Hall–Kier alpha value is -2.38. The Morgan fingerprint density at radius 3 is 2.41 bits per heavy atom. The van der Waals surface area contributed by atoms with E-state index in [0.29, 0.717) is 24.5 Å². The summed E-state index contributed by atoms with van der Waals surface area (Å²) in [7, 11) is -3.58. The molecule has 1 amide bonds. The summed E-state index contributed by atoms with van der Waals surface area (Å²) in [5.41, 5.74) is 2.51. The molecule has 0 heterocycles. The lowest BCUT2D eigenvalue weighted by Gasteiger charge is -2.19. The molecule has 2 rings (SSSR count). The number of carbonyl (C=O) groups excluding carboxylic acids is 1. The molecule has 6 nitrogen and oxygen atoms in total. The third-order valence-corrected chi connectivity index (χ3v) is 6.66. The van der Waals surface area contributed by atoms with E-state index in [9.17, 15) is 13.2 Å². The van der Waals surface area contributed by atoms with E-state index < -0.39 is 10.0 Å². The molecule has 2 aromatic carbocycles. The van der Waals surface area contributed by atoms with Crippen LogP contribution in [0.15, 0.2) is 47.4 Å². The normalized spacial score (nSPS) is 11.7. The van der Waals surface area contributed by atoms with E-state index in [1.165, 1.54) is 16.4 Å². The van der Waals surface area contributed by atoms with Gasteiger partial charge in [-0.3, -0.25) is 4.79 Å². The van der Waals surface area contributed by atoms with Crippen molar-refractivity contribution < 1.29 is 17.9 Å². The molecule has 0 spiro atoms. The first-order chi connectivity index (χ1) is 13.7. The molecule has 29 heavy (non-hydrogen) atoms. The Morgan fingerprint density at radius 1 is 1.10 bits per heavy atom. The second kappa shape index (κ2) is 9.89. The molecule has 0 fully saturated rings. The lowest BCUT2D eigenvalue weighted by atomic mass is 10.0. The number of carbonyl (C=O) groups is 1. The number of nitrogens with zero attached hydrogens (tertiary/aromatic N) is 1. The van der Waals surface area contributed by atoms with Gasteiger partial charge in [0, 0.05) is 18.8 Å². The number of sulfonamides is 1. The zero-order valence-corrected chi connectivity index (χ0v) is 18.5. The SMILES string of the molecule is CCN(CC)S(=O)(=O)c1cccc(NC(=O)COc2cc(C)ccc2C(C)C)c1. The van der Waals surface area contributed by atoms with Crippen molar-refractivity contribution in [3.8, 4) is 5.75 Å². The molecule has 0 atom stereocenters. The number of nitrogens with one attached hydrogen (secondary N) is 1. The van der Waals surface area contributed by atoms with Gasteiger partial charge in [0.2, 0.25) is 10.0 Å². The first kappa shape index (κ1) is 22.9. The van der Waals surface area contributed by atoms with Gasteiger partial charge in [0.05, 0.1) is 4.90 Å². The molecule has 0 saturated heterocycles. The minimum absolute atomic E-state index is 0.153. The molecule has 0 saturated carbocycles. The predicted molar refractivity (Wildman–Crippen MR) is 116 cm³/mol. The number of aryl methyl sites for hydroxylation is 1. The van der Waals surface area contributed by atoms with Gasteiger partial charge in [-0.2, -0.15) is 4.31 Å². The third kappa shape index (κ3) is 5.81. The molecular formula is C22H30N2O4S. The molecule has 0 unspecified atom stereocenters. The second-order valence-electron chi connectivity index (χ2n) is 7.15. The van der Waals surface area contributed by atoms with Gasteiger partial charge in [-0.25, -0.2) is 8.42 Å². The summed E-state index contributed by atoms with van der Waals surface area (Å²) in [4.78, 5) is 12.5. The number of amides is 1. The topological polar surface area (TPSA) is 75.7 Å². The Labute approximate surface area is 173 Å². The minimum Gasteiger partial charge on any atom is -0.483 e. The highest BCUT2D eigenvalue weighted by Gasteiger charge is 2.22. The molecule has 0 aromatic heterocycles. The van der Waals surface area contributed by atoms with Crippen LogP contribution in [0.3, 0.4) is 0 Å². The highest BCUT2D eigenvalue weighted by atomic mass is 32.2. The summed E-state index contributed by atoms with van der Waals surface area (Å²) in [6, 6.07) is 12.2. The van der Waals surface area contributed by atoms with Crippen molar-refractivity contribution in [1.82, 2.24) is 4.31 Å². The van der Waals surface area contributed by atoms with E-state index in [0.717, 1.165) is 11.1 Å². The Kier molecular flexibility index (Phi) is 7.81. The molecule has 0 bridgehead atoms. The van der Waals surface area contributed by atoms with Crippen molar-refractivity contribution in [3.05, 3.63) is 53.6 Å². The number of rotatable bonds is 9. The number of ether oxygens (including phenoxy) is 1. The van der Waals surface area contributed by atoms with Crippen LogP contribution in [-0.2, 0) is 14.8 Å². The van der Waals surface area contributed by atoms with Gasteiger partial charge < -0.3 is 10.1 Å². The first-order valence-corrected chi connectivity index (χ1v) is 11.3. The molecule has 0 radical (unpaired) electrons. The lowest BCUT2D eigenvalue weighted by Crippen LogP contribution is -2.30. The summed E-state index contributed by atoms with van der Waals surface area (Å²) < 4.78 is 32.5. The van der Waals surface area contributed by atoms with E-state index in [1.54, 1.807) is 26.0 Å². The monoisotopic (exact) mass is 418 g/mol. The van der Waals surface area contributed by atoms with Crippen molar-refractivity contribution in [2.24, 2.45) is 0 Å². The van der Waals surface area contributed by atoms with E-state index >= 15 is 0 Å². The maximum Gasteiger partial charge on any atom is 0.262 e. The number of anilines is 1. The van der Waals surface area contributed by atoms with Gasteiger partial charge in [-0.15, -0.1) is 0 Å². The average molecular weight is 419 g/mol. The molecule has 0 aliphatic rings.